The van der Waals surface area contributed by atoms with E-state index in [-0.39, 0.29) is 0 Å². The maximum absolute atomic E-state index is 12.2. The van der Waals surface area contributed by atoms with E-state index in [0.717, 1.165) is 31.8 Å². The van der Waals surface area contributed by atoms with Crippen molar-refractivity contribution < 1.29 is 4.79 Å². The maximum atomic E-state index is 12.2. The van der Waals surface area contributed by atoms with Crippen LogP contribution in [0, 0.1) is 17.8 Å². The molecular formula is C13H23NO. The van der Waals surface area contributed by atoms with Crippen molar-refractivity contribution in [3.05, 3.63) is 0 Å². The molecular weight excluding hydrogens is 186 g/mol. The van der Waals surface area contributed by atoms with Gasteiger partial charge in [0.05, 0.1) is 0 Å². The van der Waals surface area contributed by atoms with Gasteiger partial charge in [0.15, 0.2) is 0 Å². The second kappa shape index (κ2) is 5.11. The molecule has 0 aromatic heterocycles. The smallest absolute Gasteiger partial charge is 0.140 e. The number of carbonyl (C=O) groups is 1. The van der Waals surface area contributed by atoms with Gasteiger partial charge >= 0.3 is 0 Å². The van der Waals surface area contributed by atoms with Gasteiger partial charge in [0, 0.05) is 18.4 Å². The molecule has 1 heterocycles. The molecule has 0 amide bonds. The van der Waals surface area contributed by atoms with Crippen molar-refractivity contribution in [1.29, 1.82) is 0 Å². The average Bonchev–Trinajstić information content (AvgIpc) is 2.81. The van der Waals surface area contributed by atoms with Crippen LogP contribution in [0.3, 0.4) is 0 Å². The minimum Gasteiger partial charge on any atom is -0.316 e. The Morgan fingerprint density at radius 1 is 1.27 bits per heavy atom. The molecule has 0 radical (unpaired) electrons. The van der Waals surface area contributed by atoms with Gasteiger partial charge in [-0.1, -0.05) is 26.2 Å². The first kappa shape index (κ1) is 11.1. The fourth-order valence-electron chi connectivity index (χ4n) is 3.15. The Balaban J connectivity index is 1.88. The van der Waals surface area contributed by atoms with E-state index in [4.69, 9.17) is 0 Å². The first-order chi connectivity index (χ1) is 7.31. The van der Waals surface area contributed by atoms with Crippen molar-refractivity contribution in [2.24, 2.45) is 17.8 Å². The quantitative estimate of drug-likeness (QED) is 0.773. The van der Waals surface area contributed by atoms with Crippen molar-refractivity contribution in [2.75, 3.05) is 13.1 Å². The van der Waals surface area contributed by atoms with E-state index in [9.17, 15) is 4.79 Å². The van der Waals surface area contributed by atoms with E-state index in [2.05, 4.69) is 12.2 Å². The first-order valence-corrected chi connectivity index (χ1v) is 6.55. The van der Waals surface area contributed by atoms with Crippen molar-refractivity contribution in [3.8, 4) is 0 Å². The van der Waals surface area contributed by atoms with E-state index >= 15 is 0 Å². The number of hydrogen-bond donors (Lipinski definition) is 1. The molecule has 2 aliphatic rings. The van der Waals surface area contributed by atoms with Crippen LogP contribution in [0.4, 0.5) is 0 Å². The summed E-state index contributed by atoms with van der Waals surface area (Å²) in [7, 11) is 0. The van der Waals surface area contributed by atoms with Gasteiger partial charge in [-0.25, -0.2) is 0 Å². The van der Waals surface area contributed by atoms with Crippen LogP contribution in [0.2, 0.25) is 0 Å². The zero-order valence-electron chi connectivity index (χ0n) is 9.80. The summed E-state index contributed by atoms with van der Waals surface area (Å²) in [5, 5.41) is 3.30. The topological polar surface area (TPSA) is 29.1 Å². The fraction of sp³-hybridized carbons (Fsp3) is 0.923. The van der Waals surface area contributed by atoms with Crippen LogP contribution in [-0.4, -0.2) is 18.9 Å². The highest BCUT2D eigenvalue weighted by Crippen LogP contribution is 2.33. The monoisotopic (exact) mass is 209 g/mol. The Bertz CT molecular complexity index is 221. The number of Topliss-reactive ketones (excluding diaryl/α,β-unsaturated/α-hetero) is 1. The first-order valence-electron chi connectivity index (χ1n) is 6.55. The molecule has 1 N–H and O–H groups in total. The third kappa shape index (κ3) is 2.60. The number of nitrogens with one attached hydrogen (secondary N) is 1. The Kier molecular flexibility index (Phi) is 3.79. The van der Waals surface area contributed by atoms with Gasteiger partial charge in [-0.2, -0.15) is 0 Å². The normalized spacial score (nSPS) is 36.7. The standard InChI is InChI=1S/C13H23NO/c1-2-10-4-3-5-11(8-10)13(15)12-6-7-14-9-12/h10-12,14H,2-9H2,1H3/t10?,11?,12-/m1/s1. The summed E-state index contributed by atoms with van der Waals surface area (Å²) >= 11 is 0. The van der Waals surface area contributed by atoms with Crippen molar-refractivity contribution in [2.45, 2.75) is 45.4 Å². The molecule has 0 aromatic carbocycles. The molecule has 86 valence electrons. The Hall–Kier alpha value is -0.370. The molecule has 0 aromatic rings. The molecule has 0 bridgehead atoms. The summed E-state index contributed by atoms with van der Waals surface area (Å²) in [5.41, 5.74) is 0. The van der Waals surface area contributed by atoms with Crippen LogP contribution < -0.4 is 5.32 Å². The predicted octanol–water partition coefficient (Wildman–Crippen LogP) is 2.38. The number of hydrogen-bond acceptors (Lipinski definition) is 2. The maximum Gasteiger partial charge on any atom is 0.140 e. The lowest BCUT2D eigenvalue weighted by Crippen LogP contribution is -2.29. The van der Waals surface area contributed by atoms with Crippen LogP contribution in [-0.2, 0) is 4.79 Å². The van der Waals surface area contributed by atoms with Crippen LogP contribution in [0.5, 0.6) is 0 Å². The molecule has 2 nitrogen and oxygen atoms in total. The summed E-state index contributed by atoms with van der Waals surface area (Å²) < 4.78 is 0. The highest BCUT2D eigenvalue weighted by molar-refractivity contribution is 5.84. The van der Waals surface area contributed by atoms with Gasteiger partial charge in [0.1, 0.15) is 5.78 Å². The number of rotatable bonds is 3. The lowest BCUT2D eigenvalue weighted by atomic mass is 9.75. The van der Waals surface area contributed by atoms with Gasteiger partial charge in [0.25, 0.3) is 0 Å². The van der Waals surface area contributed by atoms with E-state index < -0.39 is 0 Å². The van der Waals surface area contributed by atoms with Gasteiger partial charge in [0.2, 0.25) is 0 Å². The highest BCUT2D eigenvalue weighted by atomic mass is 16.1. The summed E-state index contributed by atoms with van der Waals surface area (Å²) in [6.45, 7) is 4.24. The largest absolute Gasteiger partial charge is 0.316 e. The molecule has 3 atom stereocenters. The number of ketones is 1. The van der Waals surface area contributed by atoms with Crippen LogP contribution in [0.25, 0.3) is 0 Å². The summed E-state index contributed by atoms with van der Waals surface area (Å²) in [6, 6.07) is 0. The molecule has 1 aliphatic carbocycles. The Morgan fingerprint density at radius 3 is 2.80 bits per heavy atom. The molecule has 2 rings (SSSR count). The summed E-state index contributed by atoms with van der Waals surface area (Å²) in [6.07, 6.45) is 7.29. The lowest BCUT2D eigenvalue weighted by Gasteiger charge is -2.28. The summed E-state index contributed by atoms with van der Waals surface area (Å²) in [5.74, 6) is 2.12. The molecule has 2 heteroatoms. The highest BCUT2D eigenvalue weighted by Gasteiger charge is 2.32. The van der Waals surface area contributed by atoms with Crippen molar-refractivity contribution >= 4 is 5.78 Å². The fourth-order valence-corrected chi connectivity index (χ4v) is 3.15. The molecule has 1 saturated heterocycles. The van der Waals surface area contributed by atoms with Crippen LogP contribution in [0.15, 0.2) is 0 Å². The van der Waals surface area contributed by atoms with Crippen molar-refractivity contribution in [3.63, 3.8) is 0 Å². The zero-order valence-corrected chi connectivity index (χ0v) is 9.80. The van der Waals surface area contributed by atoms with Gasteiger partial charge in [-0.3, -0.25) is 4.79 Å². The van der Waals surface area contributed by atoms with Gasteiger partial charge in [-0.15, -0.1) is 0 Å². The Morgan fingerprint density at radius 2 is 2.13 bits per heavy atom. The minimum absolute atomic E-state index is 0.339. The molecule has 2 unspecified atom stereocenters. The lowest BCUT2D eigenvalue weighted by molar-refractivity contribution is -0.127. The second-order valence-corrected chi connectivity index (χ2v) is 5.23. The number of carbonyl (C=O) groups excluding carboxylic acids is 1. The van der Waals surface area contributed by atoms with Gasteiger partial charge < -0.3 is 5.32 Å². The molecule has 0 spiro atoms. The average molecular weight is 209 g/mol. The van der Waals surface area contributed by atoms with E-state index in [0.29, 0.717) is 17.6 Å². The van der Waals surface area contributed by atoms with E-state index in [1.807, 2.05) is 0 Å². The molecule has 15 heavy (non-hydrogen) atoms. The summed E-state index contributed by atoms with van der Waals surface area (Å²) in [4.78, 5) is 12.2. The van der Waals surface area contributed by atoms with Crippen LogP contribution >= 0.6 is 0 Å². The molecule has 2 fully saturated rings. The minimum atomic E-state index is 0.339. The van der Waals surface area contributed by atoms with Crippen LogP contribution in [0.1, 0.15) is 45.4 Å². The van der Waals surface area contributed by atoms with Crippen molar-refractivity contribution in [1.82, 2.24) is 5.32 Å². The molecule has 1 saturated carbocycles. The van der Waals surface area contributed by atoms with Gasteiger partial charge in [-0.05, 0) is 31.7 Å². The second-order valence-electron chi connectivity index (χ2n) is 5.23. The third-order valence-electron chi connectivity index (χ3n) is 4.23. The predicted molar refractivity (Wildman–Crippen MR) is 61.7 cm³/mol. The zero-order chi connectivity index (χ0) is 10.7. The SMILES string of the molecule is CCC1CCCC(C(=O)[C@@H]2CCNC2)C1. The van der Waals surface area contributed by atoms with E-state index in [1.54, 1.807) is 0 Å². The third-order valence-corrected chi connectivity index (χ3v) is 4.23. The molecule has 1 aliphatic heterocycles. The van der Waals surface area contributed by atoms with E-state index in [1.165, 1.54) is 25.7 Å². The Labute approximate surface area is 92.8 Å².